The molecule has 0 saturated heterocycles. The van der Waals surface area contributed by atoms with Crippen molar-refractivity contribution in [1.82, 2.24) is 0 Å². The Hall–Kier alpha value is -0.850. The van der Waals surface area contributed by atoms with Crippen LogP contribution in [-0.4, -0.2) is 0 Å². The van der Waals surface area contributed by atoms with Gasteiger partial charge in [-0.05, 0) is 48.8 Å². The Bertz CT molecular complexity index is 287. The van der Waals surface area contributed by atoms with Crippen LogP contribution in [0.25, 0.3) is 0 Å². The first-order valence-electron chi connectivity index (χ1n) is 6.38. The van der Waals surface area contributed by atoms with Gasteiger partial charge in [0.25, 0.3) is 0 Å². The van der Waals surface area contributed by atoms with Gasteiger partial charge in [-0.1, -0.05) is 39.3 Å². The predicted molar refractivity (Wildman–Crippen MR) is 68.0 cm³/mol. The highest BCUT2D eigenvalue weighted by Crippen LogP contribution is 2.21. The number of aryl methyl sites for hydroxylation is 1. The van der Waals surface area contributed by atoms with Gasteiger partial charge in [0.1, 0.15) is 5.82 Å². The average Bonchev–Trinajstić information content (AvgIpc) is 2.26. The van der Waals surface area contributed by atoms with Gasteiger partial charge < -0.3 is 0 Å². The van der Waals surface area contributed by atoms with E-state index in [1.54, 1.807) is 12.1 Å². The molecule has 0 nitrogen and oxygen atoms in total. The SMILES string of the molecule is CC[C@@H](CCCc1ccc(F)cc1)C(C)C. The Labute approximate surface area is 98.9 Å². The van der Waals surface area contributed by atoms with E-state index < -0.39 is 0 Å². The molecule has 0 N–H and O–H groups in total. The molecule has 0 radical (unpaired) electrons. The van der Waals surface area contributed by atoms with Crippen molar-refractivity contribution in [3.05, 3.63) is 35.6 Å². The quantitative estimate of drug-likeness (QED) is 0.646. The number of hydrogen-bond donors (Lipinski definition) is 0. The topological polar surface area (TPSA) is 0 Å². The summed E-state index contributed by atoms with van der Waals surface area (Å²) < 4.78 is 12.7. The summed E-state index contributed by atoms with van der Waals surface area (Å²) in [4.78, 5) is 0. The minimum Gasteiger partial charge on any atom is -0.207 e. The first-order valence-corrected chi connectivity index (χ1v) is 6.38. The van der Waals surface area contributed by atoms with E-state index in [0.29, 0.717) is 0 Å². The zero-order valence-electron chi connectivity index (χ0n) is 10.7. The van der Waals surface area contributed by atoms with E-state index in [9.17, 15) is 4.39 Å². The number of hydrogen-bond acceptors (Lipinski definition) is 0. The molecule has 0 spiro atoms. The maximum absolute atomic E-state index is 12.7. The van der Waals surface area contributed by atoms with Crippen LogP contribution >= 0.6 is 0 Å². The van der Waals surface area contributed by atoms with Gasteiger partial charge in [0.2, 0.25) is 0 Å². The Morgan fingerprint density at radius 2 is 1.75 bits per heavy atom. The Morgan fingerprint density at radius 1 is 1.12 bits per heavy atom. The van der Waals surface area contributed by atoms with Crippen molar-refractivity contribution >= 4 is 0 Å². The lowest BCUT2D eigenvalue weighted by Gasteiger charge is -2.18. The van der Waals surface area contributed by atoms with Crippen LogP contribution in [-0.2, 0) is 6.42 Å². The van der Waals surface area contributed by atoms with Gasteiger partial charge in [0, 0.05) is 0 Å². The van der Waals surface area contributed by atoms with Crippen molar-refractivity contribution in [2.24, 2.45) is 11.8 Å². The molecule has 1 heteroatoms. The summed E-state index contributed by atoms with van der Waals surface area (Å²) in [7, 11) is 0. The molecule has 0 aliphatic heterocycles. The fraction of sp³-hybridized carbons (Fsp3) is 0.600. The van der Waals surface area contributed by atoms with E-state index in [4.69, 9.17) is 0 Å². The van der Waals surface area contributed by atoms with Crippen molar-refractivity contribution in [1.29, 1.82) is 0 Å². The van der Waals surface area contributed by atoms with E-state index in [1.165, 1.54) is 24.8 Å². The second-order valence-corrected chi connectivity index (χ2v) is 4.93. The lowest BCUT2D eigenvalue weighted by molar-refractivity contribution is 0.341. The molecule has 0 aliphatic rings. The largest absolute Gasteiger partial charge is 0.207 e. The smallest absolute Gasteiger partial charge is 0.123 e. The van der Waals surface area contributed by atoms with E-state index in [-0.39, 0.29) is 5.82 Å². The Balaban J connectivity index is 2.32. The summed E-state index contributed by atoms with van der Waals surface area (Å²) in [5.74, 6) is 1.47. The van der Waals surface area contributed by atoms with Crippen LogP contribution in [0.3, 0.4) is 0 Å². The molecular formula is C15H23F. The molecule has 1 aromatic carbocycles. The van der Waals surface area contributed by atoms with Crippen LogP contribution < -0.4 is 0 Å². The standard InChI is InChI=1S/C15H23F/c1-4-14(12(2)3)7-5-6-13-8-10-15(16)11-9-13/h8-12,14H,4-7H2,1-3H3/t14-/m0/s1. The highest BCUT2D eigenvalue weighted by atomic mass is 19.1. The minimum absolute atomic E-state index is 0.141. The van der Waals surface area contributed by atoms with Gasteiger partial charge in [-0.15, -0.1) is 0 Å². The average molecular weight is 222 g/mol. The van der Waals surface area contributed by atoms with Gasteiger partial charge in [0.05, 0.1) is 0 Å². The van der Waals surface area contributed by atoms with Crippen LogP contribution in [0.5, 0.6) is 0 Å². The number of rotatable bonds is 6. The van der Waals surface area contributed by atoms with Crippen LogP contribution in [0.4, 0.5) is 4.39 Å². The van der Waals surface area contributed by atoms with Gasteiger partial charge in [0.15, 0.2) is 0 Å². The molecule has 0 unspecified atom stereocenters. The zero-order chi connectivity index (χ0) is 12.0. The number of halogens is 1. The molecule has 0 saturated carbocycles. The van der Waals surface area contributed by atoms with Crippen molar-refractivity contribution in [2.45, 2.75) is 46.5 Å². The summed E-state index contributed by atoms with van der Waals surface area (Å²) in [5.41, 5.74) is 1.25. The van der Waals surface area contributed by atoms with Crippen molar-refractivity contribution in [3.8, 4) is 0 Å². The molecule has 0 aliphatic carbocycles. The summed E-state index contributed by atoms with van der Waals surface area (Å²) in [6, 6.07) is 6.89. The molecule has 1 rings (SSSR count). The molecule has 0 aromatic heterocycles. The molecule has 0 bridgehead atoms. The Morgan fingerprint density at radius 3 is 2.25 bits per heavy atom. The molecular weight excluding hydrogens is 199 g/mol. The number of benzene rings is 1. The third kappa shape index (κ3) is 4.34. The van der Waals surface area contributed by atoms with Crippen LogP contribution in [0.2, 0.25) is 0 Å². The van der Waals surface area contributed by atoms with E-state index in [2.05, 4.69) is 20.8 Å². The van der Waals surface area contributed by atoms with E-state index in [0.717, 1.165) is 18.3 Å². The first-order chi connectivity index (χ1) is 7.63. The van der Waals surface area contributed by atoms with E-state index in [1.807, 2.05) is 12.1 Å². The van der Waals surface area contributed by atoms with Crippen molar-refractivity contribution in [3.63, 3.8) is 0 Å². The second-order valence-electron chi connectivity index (χ2n) is 4.93. The molecule has 0 heterocycles. The summed E-state index contributed by atoms with van der Waals surface area (Å²) in [5, 5.41) is 0. The Kier molecular flexibility index (Phi) is 5.51. The van der Waals surface area contributed by atoms with Gasteiger partial charge >= 0.3 is 0 Å². The van der Waals surface area contributed by atoms with E-state index >= 15 is 0 Å². The molecule has 1 atom stereocenters. The fourth-order valence-corrected chi connectivity index (χ4v) is 2.23. The van der Waals surface area contributed by atoms with Crippen LogP contribution in [0.15, 0.2) is 24.3 Å². The molecule has 16 heavy (non-hydrogen) atoms. The minimum atomic E-state index is -0.141. The summed E-state index contributed by atoms with van der Waals surface area (Å²) in [6.45, 7) is 6.86. The first kappa shape index (κ1) is 13.2. The van der Waals surface area contributed by atoms with Crippen LogP contribution in [0.1, 0.15) is 45.6 Å². The van der Waals surface area contributed by atoms with Gasteiger partial charge in [-0.3, -0.25) is 0 Å². The maximum Gasteiger partial charge on any atom is 0.123 e. The lowest BCUT2D eigenvalue weighted by Crippen LogP contribution is -2.07. The van der Waals surface area contributed by atoms with Crippen molar-refractivity contribution < 1.29 is 4.39 Å². The monoisotopic (exact) mass is 222 g/mol. The molecule has 0 amide bonds. The highest BCUT2D eigenvalue weighted by Gasteiger charge is 2.10. The lowest BCUT2D eigenvalue weighted by atomic mass is 9.88. The molecule has 90 valence electrons. The summed E-state index contributed by atoms with van der Waals surface area (Å²) >= 11 is 0. The van der Waals surface area contributed by atoms with Crippen LogP contribution in [0, 0.1) is 17.7 Å². The molecule has 0 fully saturated rings. The highest BCUT2D eigenvalue weighted by molar-refractivity contribution is 5.15. The maximum atomic E-state index is 12.7. The third-order valence-corrected chi connectivity index (χ3v) is 3.42. The second kappa shape index (κ2) is 6.67. The molecule has 1 aromatic rings. The van der Waals surface area contributed by atoms with Gasteiger partial charge in [-0.25, -0.2) is 4.39 Å². The van der Waals surface area contributed by atoms with Gasteiger partial charge in [-0.2, -0.15) is 0 Å². The fourth-order valence-electron chi connectivity index (χ4n) is 2.23. The predicted octanol–water partition coefficient (Wildman–Crippen LogP) is 4.83. The van der Waals surface area contributed by atoms with Crippen molar-refractivity contribution in [2.75, 3.05) is 0 Å². The zero-order valence-corrected chi connectivity index (χ0v) is 10.7. The third-order valence-electron chi connectivity index (χ3n) is 3.42. The summed E-state index contributed by atoms with van der Waals surface area (Å²) in [6.07, 6.45) is 4.83. The normalized spacial score (nSPS) is 13.1.